The summed E-state index contributed by atoms with van der Waals surface area (Å²) in [6, 6.07) is 4.49. The quantitative estimate of drug-likeness (QED) is 0.576. The van der Waals surface area contributed by atoms with E-state index in [9.17, 15) is 14.9 Å². The Labute approximate surface area is 117 Å². The number of hydrogen-bond donors (Lipinski definition) is 2. The molecule has 0 saturated heterocycles. The summed E-state index contributed by atoms with van der Waals surface area (Å²) in [6.07, 6.45) is 0.742. The van der Waals surface area contributed by atoms with E-state index in [0.717, 1.165) is 6.42 Å². The molecular formula is C13H20N4O3. The molecule has 20 heavy (non-hydrogen) atoms. The monoisotopic (exact) mass is 280 g/mol. The summed E-state index contributed by atoms with van der Waals surface area (Å²) < 4.78 is 0. The maximum atomic E-state index is 11.7. The lowest BCUT2D eigenvalue weighted by Gasteiger charge is -2.19. The Morgan fingerprint density at radius 1 is 1.50 bits per heavy atom. The second-order valence-corrected chi connectivity index (χ2v) is 4.38. The van der Waals surface area contributed by atoms with Gasteiger partial charge in [-0.05, 0) is 32.0 Å². The fourth-order valence-electron chi connectivity index (χ4n) is 1.85. The molecule has 7 heteroatoms. The van der Waals surface area contributed by atoms with E-state index in [1.54, 1.807) is 31.0 Å². The predicted molar refractivity (Wildman–Crippen MR) is 78.0 cm³/mol. The fraction of sp³-hybridized carbons (Fsp3) is 0.462. The van der Waals surface area contributed by atoms with E-state index in [2.05, 4.69) is 5.32 Å². The smallest absolute Gasteiger partial charge is 0.293 e. The molecule has 0 aromatic heterocycles. The van der Waals surface area contributed by atoms with Gasteiger partial charge in [0.1, 0.15) is 5.69 Å². The molecule has 1 rings (SSSR count). The zero-order chi connectivity index (χ0) is 15.1. The van der Waals surface area contributed by atoms with Gasteiger partial charge in [0.05, 0.1) is 4.92 Å². The SMILES string of the molecule is CCNC(=O)c1ccc(N(C)CCCN)c([N+](=O)[O-])c1. The number of nitrogens with two attached hydrogens (primary N) is 1. The average molecular weight is 280 g/mol. The van der Waals surface area contributed by atoms with E-state index in [1.807, 2.05) is 0 Å². The van der Waals surface area contributed by atoms with E-state index in [4.69, 9.17) is 5.73 Å². The first-order chi connectivity index (χ1) is 9.51. The van der Waals surface area contributed by atoms with Gasteiger partial charge in [-0.25, -0.2) is 0 Å². The number of nitrogens with one attached hydrogen (secondary N) is 1. The van der Waals surface area contributed by atoms with Crippen molar-refractivity contribution in [3.05, 3.63) is 33.9 Å². The van der Waals surface area contributed by atoms with E-state index in [0.29, 0.717) is 25.3 Å². The molecule has 7 nitrogen and oxygen atoms in total. The Bertz CT molecular complexity index is 491. The standard InChI is InChI=1S/C13H20N4O3/c1-3-15-13(18)10-5-6-11(12(9-10)17(19)20)16(2)8-4-7-14/h5-6,9H,3-4,7-8,14H2,1-2H3,(H,15,18). The van der Waals surface area contributed by atoms with E-state index in [1.165, 1.54) is 6.07 Å². The summed E-state index contributed by atoms with van der Waals surface area (Å²) in [5.41, 5.74) is 6.13. The van der Waals surface area contributed by atoms with Crippen molar-refractivity contribution in [1.82, 2.24) is 5.32 Å². The highest BCUT2D eigenvalue weighted by Crippen LogP contribution is 2.28. The Kier molecular flexibility index (Phi) is 5.92. The maximum Gasteiger partial charge on any atom is 0.293 e. The van der Waals surface area contributed by atoms with Crippen LogP contribution in [-0.2, 0) is 0 Å². The normalized spacial score (nSPS) is 10.2. The minimum absolute atomic E-state index is 0.0757. The number of amides is 1. The van der Waals surface area contributed by atoms with Gasteiger partial charge in [-0.1, -0.05) is 0 Å². The van der Waals surface area contributed by atoms with Crippen LogP contribution in [0.1, 0.15) is 23.7 Å². The van der Waals surface area contributed by atoms with Crippen LogP contribution in [0.4, 0.5) is 11.4 Å². The summed E-state index contributed by atoms with van der Waals surface area (Å²) in [5, 5.41) is 13.8. The largest absolute Gasteiger partial charge is 0.369 e. The number of carbonyl (C=O) groups excluding carboxylic acids is 1. The van der Waals surface area contributed by atoms with Gasteiger partial charge in [-0.3, -0.25) is 14.9 Å². The number of benzene rings is 1. The fourth-order valence-corrected chi connectivity index (χ4v) is 1.85. The van der Waals surface area contributed by atoms with E-state index >= 15 is 0 Å². The van der Waals surface area contributed by atoms with Gasteiger partial charge >= 0.3 is 0 Å². The molecule has 1 aromatic carbocycles. The zero-order valence-corrected chi connectivity index (χ0v) is 11.8. The van der Waals surface area contributed by atoms with Crippen LogP contribution in [0.15, 0.2) is 18.2 Å². The third-order valence-electron chi connectivity index (χ3n) is 2.88. The van der Waals surface area contributed by atoms with Crippen LogP contribution in [0.3, 0.4) is 0 Å². The number of nitro benzene ring substituents is 1. The highest BCUT2D eigenvalue weighted by atomic mass is 16.6. The van der Waals surface area contributed by atoms with Crippen molar-refractivity contribution >= 4 is 17.3 Å². The van der Waals surface area contributed by atoms with Crippen LogP contribution in [0.2, 0.25) is 0 Å². The summed E-state index contributed by atoms with van der Waals surface area (Å²) in [4.78, 5) is 24.2. The van der Waals surface area contributed by atoms with Crippen LogP contribution in [0.5, 0.6) is 0 Å². The van der Waals surface area contributed by atoms with E-state index < -0.39 is 4.92 Å². The number of anilines is 1. The first-order valence-electron chi connectivity index (χ1n) is 6.49. The Balaban J connectivity index is 3.07. The summed E-state index contributed by atoms with van der Waals surface area (Å²) in [7, 11) is 1.77. The van der Waals surface area contributed by atoms with Gasteiger partial charge in [0.25, 0.3) is 11.6 Å². The van der Waals surface area contributed by atoms with Crippen LogP contribution in [-0.4, -0.2) is 37.5 Å². The third-order valence-corrected chi connectivity index (χ3v) is 2.88. The van der Waals surface area contributed by atoms with Crippen molar-refractivity contribution in [1.29, 1.82) is 0 Å². The van der Waals surface area contributed by atoms with Crippen LogP contribution >= 0.6 is 0 Å². The average Bonchev–Trinajstić information content (AvgIpc) is 2.44. The molecule has 0 bridgehead atoms. The molecule has 0 fully saturated rings. The second-order valence-electron chi connectivity index (χ2n) is 4.38. The number of nitrogens with zero attached hydrogens (tertiary/aromatic N) is 2. The number of nitro groups is 1. The number of carbonyl (C=O) groups is 1. The summed E-state index contributed by atoms with van der Waals surface area (Å²) in [5.74, 6) is -0.313. The molecule has 3 N–H and O–H groups in total. The van der Waals surface area contributed by atoms with Gasteiger partial charge in [0.2, 0.25) is 0 Å². The van der Waals surface area contributed by atoms with Crippen molar-refractivity contribution in [3.8, 4) is 0 Å². The van der Waals surface area contributed by atoms with Crippen molar-refractivity contribution in [2.45, 2.75) is 13.3 Å². The molecule has 1 aromatic rings. The highest BCUT2D eigenvalue weighted by molar-refractivity contribution is 5.95. The molecule has 0 saturated carbocycles. The maximum absolute atomic E-state index is 11.7. The van der Waals surface area contributed by atoms with Crippen molar-refractivity contribution in [2.24, 2.45) is 5.73 Å². The van der Waals surface area contributed by atoms with Gasteiger partial charge in [0, 0.05) is 31.8 Å². The molecular weight excluding hydrogens is 260 g/mol. The van der Waals surface area contributed by atoms with Crippen LogP contribution in [0, 0.1) is 10.1 Å². The van der Waals surface area contributed by atoms with Crippen LogP contribution < -0.4 is 16.0 Å². The van der Waals surface area contributed by atoms with Gasteiger partial charge in [-0.15, -0.1) is 0 Å². The lowest BCUT2D eigenvalue weighted by molar-refractivity contribution is -0.384. The molecule has 0 aliphatic heterocycles. The van der Waals surface area contributed by atoms with Crippen molar-refractivity contribution < 1.29 is 9.72 Å². The molecule has 0 heterocycles. The van der Waals surface area contributed by atoms with E-state index in [-0.39, 0.29) is 17.2 Å². The molecule has 0 radical (unpaired) electrons. The number of rotatable bonds is 7. The molecule has 0 aliphatic carbocycles. The topological polar surface area (TPSA) is 102 Å². The van der Waals surface area contributed by atoms with Gasteiger partial charge in [-0.2, -0.15) is 0 Å². The summed E-state index contributed by atoms with van der Waals surface area (Å²) in [6.45, 7) is 3.42. The van der Waals surface area contributed by atoms with Crippen LogP contribution in [0.25, 0.3) is 0 Å². The predicted octanol–water partition coefficient (Wildman–Crippen LogP) is 1.13. The number of hydrogen-bond acceptors (Lipinski definition) is 5. The molecule has 0 spiro atoms. The molecule has 0 unspecified atom stereocenters. The first-order valence-corrected chi connectivity index (χ1v) is 6.49. The van der Waals surface area contributed by atoms with Crippen molar-refractivity contribution in [2.75, 3.05) is 31.6 Å². The molecule has 0 atom stereocenters. The highest BCUT2D eigenvalue weighted by Gasteiger charge is 2.19. The zero-order valence-electron chi connectivity index (χ0n) is 11.8. The third kappa shape index (κ3) is 3.92. The summed E-state index contributed by atoms with van der Waals surface area (Å²) >= 11 is 0. The Hall–Kier alpha value is -2.15. The molecule has 0 aliphatic rings. The Morgan fingerprint density at radius 3 is 2.75 bits per heavy atom. The lowest BCUT2D eigenvalue weighted by atomic mass is 10.1. The first kappa shape index (κ1) is 15.9. The lowest BCUT2D eigenvalue weighted by Crippen LogP contribution is -2.24. The molecule has 1 amide bonds. The minimum Gasteiger partial charge on any atom is -0.369 e. The Morgan fingerprint density at radius 2 is 2.20 bits per heavy atom. The van der Waals surface area contributed by atoms with Gasteiger partial charge in [0.15, 0.2) is 0 Å². The minimum atomic E-state index is -0.475. The van der Waals surface area contributed by atoms with Gasteiger partial charge < -0.3 is 16.0 Å². The van der Waals surface area contributed by atoms with Crippen molar-refractivity contribution in [3.63, 3.8) is 0 Å². The second kappa shape index (κ2) is 7.44. The molecule has 110 valence electrons.